The van der Waals surface area contributed by atoms with E-state index in [0.29, 0.717) is 6.42 Å². The van der Waals surface area contributed by atoms with Crippen LogP contribution in [0.15, 0.2) is 48.5 Å². The summed E-state index contributed by atoms with van der Waals surface area (Å²) in [5, 5.41) is -1.03. The summed E-state index contributed by atoms with van der Waals surface area (Å²) in [6, 6.07) is 16.3. The van der Waals surface area contributed by atoms with Crippen molar-refractivity contribution < 1.29 is 9.59 Å². The lowest BCUT2D eigenvalue weighted by Gasteiger charge is -2.18. The zero-order valence-electron chi connectivity index (χ0n) is 11.8. The lowest BCUT2D eigenvalue weighted by atomic mass is 9.86. The second kappa shape index (κ2) is 6.23. The standard InChI is InChI=1S/C18H14Cl2O2/c19-17(21)10-11(18(20)22)9-16-14-7-3-1-5-12(14)13-6-2-4-8-15(13)16/h1-8,11,16H,9-10H2. The molecule has 0 spiro atoms. The Morgan fingerprint density at radius 2 is 1.41 bits per heavy atom. The van der Waals surface area contributed by atoms with Crippen molar-refractivity contribution in [3.63, 3.8) is 0 Å². The molecule has 0 aliphatic heterocycles. The Labute approximate surface area is 139 Å². The quantitative estimate of drug-likeness (QED) is 0.742. The Balaban J connectivity index is 2.00. The number of rotatable bonds is 5. The van der Waals surface area contributed by atoms with Crippen molar-refractivity contribution in [1.82, 2.24) is 0 Å². The molecular weight excluding hydrogens is 319 g/mol. The number of hydrogen-bond donors (Lipinski definition) is 0. The Morgan fingerprint density at radius 3 is 1.86 bits per heavy atom. The predicted octanol–water partition coefficient (Wildman–Crippen LogP) is 4.73. The molecule has 0 bridgehead atoms. The zero-order chi connectivity index (χ0) is 15.7. The van der Waals surface area contributed by atoms with E-state index in [1.54, 1.807) is 0 Å². The summed E-state index contributed by atoms with van der Waals surface area (Å²) < 4.78 is 0. The summed E-state index contributed by atoms with van der Waals surface area (Å²) in [4.78, 5) is 22.8. The smallest absolute Gasteiger partial charge is 0.225 e. The highest BCUT2D eigenvalue weighted by molar-refractivity contribution is 6.66. The monoisotopic (exact) mass is 332 g/mol. The Morgan fingerprint density at radius 1 is 0.909 bits per heavy atom. The summed E-state index contributed by atoms with van der Waals surface area (Å²) in [6.45, 7) is 0. The van der Waals surface area contributed by atoms with Gasteiger partial charge >= 0.3 is 0 Å². The largest absolute Gasteiger partial charge is 0.281 e. The third-order valence-corrected chi connectivity index (χ3v) is 4.67. The molecular formula is C18H14Cl2O2. The number of fused-ring (bicyclic) bond motifs is 3. The maximum Gasteiger partial charge on any atom is 0.225 e. The zero-order valence-corrected chi connectivity index (χ0v) is 13.3. The summed E-state index contributed by atoms with van der Waals surface area (Å²) in [7, 11) is 0. The average molecular weight is 333 g/mol. The van der Waals surface area contributed by atoms with Crippen LogP contribution in [0.2, 0.25) is 0 Å². The van der Waals surface area contributed by atoms with Crippen molar-refractivity contribution >= 4 is 33.7 Å². The molecule has 1 aliphatic rings. The van der Waals surface area contributed by atoms with Crippen molar-refractivity contribution in [1.29, 1.82) is 0 Å². The SMILES string of the molecule is O=C(Cl)CC(CC1c2ccccc2-c2ccccc21)C(=O)Cl. The molecule has 0 amide bonds. The van der Waals surface area contributed by atoms with Crippen LogP contribution >= 0.6 is 23.2 Å². The molecule has 2 aromatic rings. The van der Waals surface area contributed by atoms with Crippen LogP contribution in [0, 0.1) is 5.92 Å². The van der Waals surface area contributed by atoms with Gasteiger partial charge in [0.05, 0.1) is 0 Å². The molecule has 3 rings (SSSR count). The first-order chi connectivity index (χ1) is 10.6. The van der Waals surface area contributed by atoms with Crippen molar-refractivity contribution in [2.45, 2.75) is 18.8 Å². The molecule has 1 atom stereocenters. The third-order valence-electron chi connectivity index (χ3n) is 4.21. The van der Waals surface area contributed by atoms with Crippen LogP contribution in [0.5, 0.6) is 0 Å². The fraction of sp³-hybridized carbons (Fsp3) is 0.222. The number of hydrogen-bond acceptors (Lipinski definition) is 2. The van der Waals surface area contributed by atoms with E-state index in [-0.39, 0.29) is 12.3 Å². The second-order valence-corrected chi connectivity index (χ2v) is 6.32. The van der Waals surface area contributed by atoms with Gasteiger partial charge in [0.25, 0.3) is 0 Å². The van der Waals surface area contributed by atoms with Crippen LogP contribution in [0.4, 0.5) is 0 Å². The maximum absolute atomic E-state index is 11.6. The van der Waals surface area contributed by atoms with Gasteiger partial charge in [-0.3, -0.25) is 9.59 Å². The van der Waals surface area contributed by atoms with Gasteiger partial charge in [0.2, 0.25) is 10.5 Å². The molecule has 0 saturated carbocycles. The van der Waals surface area contributed by atoms with E-state index in [9.17, 15) is 9.59 Å². The van der Waals surface area contributed by atoms with Crippen LogP contribution in [0.25, 0.3) is 11.1 Å². The highest BCUT2D eigenvalue weighted by Gasteiger charge is 2.32. The number of carbonyl (C=O) groups is 2. The van der Waals surface area contributed by atoms with E-state index in [0.717, 1.165) is 0 Å². The van der Waals surface area contributed by atoms with Gasteiger partial charge in [-0.05, 0) is 51.9 Å². The Hall–Kier alpha value is -1.64. The van der Waals surface area contributed by atoms with E-state index in [1.165, 1.54) is 22.3 Å². The lowest BCUT2D eigenvalue weighted by Crippen LogP contribution is -2.15. The van der Waals surface area contributed by atoms with Crippen LogP contribution in [-0.2, 0) is 9.59 Å². The van der Waals surface area contributed by atoms with E-state index >= 15 is 0 Å². The first-order valence-corrected chi connectivity index (χ1v) is 7.89. The van der Waals surface area contributed by atoms with Gasteiger partial charge in [0.1, 0.15) is 0 Å². The van der Waals surface area contributed by atoms with Gasteiger partial charge in [0, 0.05) is 18.3 Å². The van der Waals surface area contributed by atoms with Crippen molar-refractivity contribution in [2.75, 3.05) is 0 Å². The van der Waals surface area contributed by atoms with Crippen molar-refractivity contribution in [3.8, 4) is 11.1 Å². The van der Waals surface area contributed by atoms with Gasteiger partial charge in [-0.15, -0.1) is 0 Å². The average Bonchev–Trinajstić information content (AvgIpc) is 2.81. The van der Waals surface area contributed by atoms with Crippen LogP contribution < -0.4 is 0 Å². The van der Waals surface area contributed by atoms with Crippen LogP contribution in [-0.4, -0.2) is 10.5 Å². The first-order valence-electron chi connectivity index (χ1n) is 7.14. The minimum absolute atomic E-state index is 0.0231. The van der Waals surface area contributed by atoms with E-state index < -0.39 is 16.4 Å². The molecule has 1 aliphatic carbocycles. The molecule has 2 aromatic carbocycles. The van der Waals surface area contributed by atoms with Crippen LogP contribution in [0.3, 0.4) is 0 Å². The van der Waals surface area contributed by atoms with Gasteiger partial charge in [0.15, 0.2) is 0 Å². The summed E-state index contributed by atoms with van der Waals surface area (Å²) in [6.07, 6.45) is 0.472. The highest BCUT2D eigenvalue weighted by Crippen LogP contribution is 2.47. The Kier molecular flexibility index (Phi) is 4.32. The molecule has 0 heterocycles. The van der Waals surface area contributed by atoms with Gasteiger partial charge in [-0.1, -0.05) is 48.5 Å². The first kappa shape index (κ1) is 15.3. The molecule has 4 heteroatoms. The fourth-order valence-electron chi connectivity index (χ4n) is 3.25. The topological polar surface area (TPSA) is 34.1 Å². The molecule has 0 fully saturated rings. The molecule has 0 aromatic heterocycles. The van der Waals surface area contributed by atoms with E-state index in [4.69, 9.17) is 23.2 Å². The normalized spacial score (nSPS) is 14.3. The number of benzene rings is 2. The Bertz CT molecular complexity index is 694. The molecule has 0 radical (unpaired) electrons. The third kappa shape index (κ3) is 2.81. The van der Waals surface area contributed by atoms with Gasteiger partial charge in [-0.25, -0.2) is 0 Å². The van der Waals surface area contributed by atoms with E-state index in [2.05, 4.69) is 24.3 Å². The van der Waals surface area contributed by atoms with Crippen molar-refractivity contribution in [3.05, 3.63) is 59.7 Å². The summed E-state index contributed by atoms with van der Waals surface area (Å²) in [5.74, 6) is -0.494. The van der Waals surface area contributed by atoms with Crippen LogP contribution in [0.1, 0.15) is 29.9 Å². The molecule has 2 nitrogen and oxygen atoms in total. The highest BCUT2D eigenvalue weighted by atomic mass is 35.5. The van der Waals surface area contributed by atoms with Gasteiger partial charge in [-0.2, -0.15) is 0 Å². The van der Waals surface area contributed by atoms with Gasteiger partial charge < -0.3 is 0 Å². The summed E-state index contributed by atoms with van der Waals surface area (Å²) >= 11 is 11.1. The fourth-order valence-corrected chi connectivity index (χ4v) is 3.60. The molecule has 112 valence electrons. The lowest BCUT2D eigenvalue weighted by molar-refractivity contribution is -0.120. The maximum atomic E-state index is 11.6. The number of halogens is 2. The molecule has 0 N–H and O–H groups in total. The molecule has 22 heavy (non-hydrogen) atoms. The van der Waals surface area contributed by atoms with Crippen molar-refractivity contribution in [2.24, 2.45) is 5.92 Å². The molecule has 0 saturated heterocycles. The predicted molar refractivity (Wildman–Crippen MR) is 88.2 cm³/mol. The minimum atomic E-state index is -0.559. The summed E-state index contributed by atoms with van der Waals surface area (Å²) in [5.41, 5.74) is 4.71. The molecule has 1 unspecified atom stereocenters. The number of carbonyl (C=O) groups excluding carboxylic acids is 2. The minimum Gasteiger partial charge on any atom is -0.281 e. The van der Waals surface area contributed by atoms with E-state index in [1.807, 2.05) is 24.3 Å². The second-order valence-electron chi connectivity index (χ2n) is 5.52.